The van der Waals surface area contributed by atoms with E-state index in [1.54, 1.807) is 0 Å². The average molecular weight is 985 g/mol. The summed E-state index contributed by atoms with van der Waals surface area (Å²) in [6, 6.07) is 0. The monoisotopic (exact) mass is 984 g/mol. The molecule has 0 aromatic heterocycles. The number of hydrogen-bond acceptors (Lipinski definition) is 15. The van der Waals surface area contributed by atoms with Crippen molar-refractivity contribution in [2.75, 3.05) is 13.2 Å². The van der Waals surface area contributed by atoms with Crippen LogP contribution in [0.5, 0.6) is 0 Å². The minimum absolute atomic E-state index is 0.132. The third-order valence-electron chi connectivity index (χ3n) is 8.37. The van der Waals surface area contributed by atoms with Crippen LogP contribution in [0.25, 0.3) is 0 Å². The van der Waals surface area contributed by atoms with Gasteiger partial charge in [-0.2, -0.15) is 0 Å². The Labute approximate surface area is 371 Å². The van der Waals surface area contributed by atoms with E-state index in [2.05, 4.69) is 79.7 Å². The summed E-state index contributed by atoms with van der Waals surface area (Å²) in [5, 5.41) is 21.7. The Morgan fingerprint density at radius 3 is 1.39 bits per heavy atom. The number of ether oxygens (including phenoxy) is 2. The zero-order valence-corrected chi connectivity index (χ0v) is 38.1. The molecule has 1 aliphatic rings. The smallest absolute Gasteiger partial charge is 0.456 e. The fourth-order valence-corrected chi connectivity index (χ4v) is 8.32. The molecule has 0 amide bonds. The highest BCUT2D eigenvalue weighted by Gasteiger charge is 2.59. The molecule has 1 saturated carbocycles. The predicted molar refractivity (Wildman–Crippen MR) is 222 cm³/mol. The number of hydrogen-bond donors (Lipinski definition) is 9. The van der Waals surface area contributed by atoms with E-state index in [-0.39, 0.29) is 6.42 Å². The highest BCUT2D eigenvalue weighted by molar-refractivity contribution is 7.47. The number of esters is 2. The van der Waals surface area contributed by atoms with E-state index in [0.717, 1.165) is 32.1 Å². The van der Waals surface area contributed by atoms with Crippen LogP contribution in [0.1, 0.15) is 96.8 Å². The van der Waals surface area contributed by atoms with Gasteiger partial charge in [0.15, 0.2) is 6.10 Å². The van der Waals surface area contributed by atoms with Gasteiger partial charge in [-0.05, 0) is 65.6 Å². The van der Waals surface area contributed by atoms with Crippen molar-refractivity contribution < 1.29 is 104 Å². The summed E-state index contributed by atoms with van der Waals surface area (Å²) in [6.45, 7) is 0.186. The molecular formula is C38H52O22P4. The normalized spacial score (nSPS) is 20.8. The summed E-state index contributed by atoms with van der Waals surface area (Å²) in [5.41, 5.74) is 0. The molecule has 1 rings (SSSR count). The second-order valence-corrected chi connectivity index (χ2v) is 18.6. The van der Waals surface area contributed by atoms with Gasteiger partial charge in [-0.15, -0.1) is 6.42 Å². The van der Waals surface area contributed by atoms with Crippen molar-refractivity contribution in [2.45, 2.75) is 140 Å². The Bertz CT molecular complexity index is 2030. The number of carbonyl (C=O) groups excluding carboxylic acids is 2. The summed E-state index contributed by atoms with van der Waals surface area (Å²) in [5.74, 6) is 22.5. The zero-order chi connectivity index (χ0) is 48.2. The van der Waals surface area contributed by atoms with E-state index in [0.29, 0.717) is 12.8 Å². The molecule has 8 atom stereocenters. The third kappa shape index (κ3) is 28.5. The lowest BCUT2D eigenvalue weighted by atomic mass is 9.85. The molecule has 1 fully saturated rings. The first kappa shape index (κ1) is 58.7. The number of phosphoric acid groups is 4. The summed E-state index contributed by atoms with van der Waals surface area (Å²) >= 11 is 0. The largest absolute Gasteiger partial charge is 0.472 e. The molecule has 1 aliphatic carbocycles. The minimum Gasteiger partial charge on any atom is -0.456 e. The van der Waals surface area contributed by atoms with Crippen molar-refractivity contribution in [3.05, 3.63) is 0 Å². The molecule has 22 nitrogen and oxygen atoms in total. The summed E-state index contributed by atoms with van der Waals surface area (Å²) < 4.78 is 81.0. The third-order valence-corrected chi connectivity index (χ3v) is 10.9. The molecular weight excluding hydrogens is 932 g/mol. The fourth-order valence-electron chi connectivity index (χ4n) is 5.67. The van der Waals surface area contributed by atoms with Crippen LogP contribution in [-0.4, -0.2) is 112 Å². The van der Waals surface area contributed by atoms with Crippen molar-refractivity contribution in [1.29, 1.82) is 0 Å². The maximum atomic E-state index is 13.1. The number of carbonyl (C=O) groups is 2. The van der Waals surface area contributed by atoms with Crippen LogP contribution in [0, 0.1) is 71.5 Å². The Balaban J connectivity index is 3.11. The molecule has 64 heavy (non-hydrogen) atoms. The first-order valence-electron chi connectivity index (χ1n) is 19.5. The van der Waals surface area contributed by atoms with Gasteiger partial charge < -0.3 is 53.9 Å². The van der Waals surface area contributed by atoms with E-state index < -0.39 is 99.2 Å². The average Bonchev–Trinajstić information content (AvgIpc) is 3.18. The number of terminal acetylenes is 1. The first-order chi connectivity index (χ1) is 30.0. The second kappa shape index (κ2) is 30.8. The molecule has 5 unspecified atom stereocenters. The van der Waals surface area contributed by atoms with E-state index >= 15 is 0 Å². The predicted octanol–water partition coefficient (Wildman–Crippen LogP) is 2.24. The van der Waals surface area contributed by atoms with Crippen molar-refractivity contribution in [3.8, 4) is 71.5 Å². The lowest BCUT2D eigenvalue weighted by Crippen LogP contribution is -2.65. The Morgan fingerprint density at radius 1 is 0.547 bits per heavy atom. The molecule has 0 aliphatic heterocycles. The van der Waals surface area contributed by atoms with Gasteiger partial charge in [0.1, 0.15) is 43.2 Å². The van der Waals surface area contributed by atoms with E-state index in [1.165, 1.54) is 38.5 Å². The van der Waals surface area contributed by atoms with Gasteiger partial charge >= 0.3 is 43.2 Å². The minimum atomic E-state index is -5.82. The number of rotatable bonds is 28. The lowest BCUT2D eigenvalue weighted by Gasteiger charge is -2.45. The summed E-state index contributed by atoms with van der Waals surface area (Å²) in [4.78, 5) is 91.8. The topological polar surface area (TPSA) is 349 Å². The van der Waals surface area contributed by atoms with Gasteiger partial charge in [-0.25, -0.2) is 23.1 Å². The Morgan fingerprint density at radius 2 is 0.953 bits per heavy atom. The van der Waals surface area contributed by atoms with Crippen LogP contribution in [-0.2, 0) is 59.9 Å². The van der Waals surface area contributed by atoms with Crippen LogP contribution in [0.4, 0.5) is 0 Å². The van der Waals surface area contributed by atoms with E-state index in [4.69, 9.17) is 24.9 Å². The second-order valence-electron chi connectivity index (χ2n) is 13.6. The quantitative estimate of drug-likeness (QED) is 0.0178. The van der Waals surface area contributed by atoms with Crippen LogP contribution < -0.4 is 0 Å². The van der Waals surface area contributed by atoms with Crippen LogP contribution in [0.2, 0.25) is 0 Å². The molecule has 0 spiro atoms. The van der Waals surface area contributed by atoms with Gasteiger partial charge in [-0.3, -0.25) is 27.4 Å². The SMILES string of the molecule is C#CC#CC#CC#CC#CC#CC(=O)OC[C@H](COP(=O)(O)OC1C(O)[C@H](OP(=O)(O)O)C(OP(=O)(O)O)C(OP(=O)(O)O)[C@@H]1O)OC(=O)CCCCCCCCCCCCCCC. The summed E-state index contributed by atoms with van der Waals surface area (Å²) in [7, 11) is -23.2. The van der Waals surface area contributed by atoms with Gasteiger partial charge in [0.05, 0.1) is 6.61 Å². The van der Waals surface area contributed by atoms with Crippen molar-refractivity contribution in [2.24, 2.45) is 0 Å². The van der Waals surface area contributed by atoms with E-state index in [9.17, 15) is 72.3 Å². The van der Waals surface area contributed by atoms with Crippen molar-refractivity contribution in [3.63, 3.8) is 0 Å². The maximum absolute atomic E-state index is 13.1. The lowest BCUT2D eigenvalue weighted by molar-refractivity contribution is -0.209. The fraction of sp³-hybridized carbons (Fsp3) is 0.632. The molecule has 0 heterocycles. The van der Waals surface area contributed by atoms with E-state index in [1.807, 2.05) is 5.92 Å². The van der Waals surface area contributed by atoms with Gasteiger partial charge in [0.25, 0.3) is 0 Å². The van der Waals surface area contributed by atoms with Gasteiger partial charge in [0.2, 0.25) is 0 Å². The molecule has 0 aromatic rings. The standard InChI is InChI=1S/C38H52O22P4/c1-3-5-7-9-11-13-15-16-17-19-21-23-25-27-32(40)56-30(28-54-31(39)26-24-22-20-18-14-12-10-8-6-4-2)29-55-64(52,53)60-35-33(41)36(57-61(43,44)45)38(59-63(49,50)51)37(34(35)42)58-62(46,47)48/h2,30,33-38,41-42H,3,5,7,9,11,13,15-17,19,21,23,25,27-29H2,1H3,(H,52,53)(H2,43,44,45)(H2,46,47,48)(H2,49,50,51)/t30-,33-,34?,35?,36?,37+,38?/m1/s1. The molecule has 0 aromatic carbocycles. The molecule has 26 heteroatoms. The maximum Gasteiger partial charge on any atom is 0.472 e. The Kier molecular flexibility index (Phi) is 28.2. The molecule has 9 N–H and O–H groups in total. The van der Waals surface area contributed by atoms with Gasteiger partial charge in [-0.1, -0.05) is 84.0 Å². The van der Waals surface area contributed by atoms with Crippen LogP contribution in [0.3, 0.4) is 0 Å². The highest BCUT2D eigenvalue weighted by Crippen LogP contribution is 2.53. The molecule has 0 bridgehead atoms. The first-order valence-corrected chi connectivity index (χ1v) is 25.6. The van der Waals surface area contributed by atoms with Crippen molar-refractivity contribution in [1.82, 2.24) is 0 Å². The summed E-state index contributed by atoms with van der Waals surface area (Å²) in [6.07, 6.45) is -0.0635. The number of phosphoric ester groups is 4. The Hall–Kier alpha value is -3.34. The van der Waals surface area contributed by atoms with Gasteiger partial charge in [0, 0.05) is 12.3 Å². The zero-order valence-electron chi connectivity index (χ0n) is 34.6. The number of aliphatic hydroxyl groups excluding tert-OH is 2. The number of unbranched alkanes of at least 4 members (excludes halogenated alkanes) is 12. The van der Waals surface area contributed by atoms with Crippen LogP contribution >= 0.6 is 31.3 Å². The molecule has 356 valence electrons. The number of aliphatic hydroxyl groups is 2. The van der Waals surface area contributed by atoms with Crippen molar-refractivity contribution >= 4 is 43.2 Å². The molecule has 0 radical (unpaired) electrons. The van der Waals surface area contributed by atoms with Crippen LogP contribution in [0.15, 0.2) is 0 Å². The molecule has 0 saturated heterocycles. The highest BCUT2D eigenvalue weighted by atomic mass is 31.2.